The normalized spacial score (nSPS) is 19.2. The summed E-state index contributed by atoms with van der Waals surface area (Å²) in [5.41, 5.74) is 4.50. The fraction of sp³-hybridized carbons (Fsp3) is 0.429. The minimum atomic E-state index is -0.311. The Bertz CT molecular complexity index is 1290. The van der Waals surface area contributed by atoms with Crippen LogP contribution in [-0.4, -0.2) is 64.1 Å². The quantitative estimate of drug-likeness (QED) is 0.445. The molecule has 2 aliphatic rings. The second-order valence-electron chi connectivity index (χ2n) is 9.69. The number of piperazine rings is 1. The molecule has 7 nitrogen and oxygen atoms in total. The average molecular weight is 541 g/mol. The van der Waals surface area contributed by atoms with Gasteiger partial charge in [-0.25, -0.2) is 4.79 Å². The molecular formula is C28H33ClN4O3S. The monoisotopic (exact) mass is 540 g/mol. The Morgan fingerprint density at radius 1 is 1.19 bits per heavy atom. The summed E-state index contributed by atoms with van der Waals surface area (Å²) in [6.07, 6.45) is 4.94. The van der Waals surface area contributed by atoms with E-state index in [2.05, 4.69) is 11.1 Å². The van der Waals surface area contributed by atoms with Crippen LogP contribution >= 0.6 is 25.1 Å². The molecule has 1 unspecified atom stereocenters. The van der Waals surface area contributed by atoms with Crippen LogP contribution in [0.15, 0.2) is 42.6 Å². The van der Waals surface area contributed by atoms with Gasteiger partial charge in [-0.15, -0.1) is 0 Å². The van der Waals surface area contributed by atoms with Crippen molar-refractivity contribution < 1.29 is 14.3 Å². The number of hydrogen-bond donors (Lipinski definition) is 0. The van der Waals surface area contributed by atoms with Gasteiger partial charge in [0.1, 0.15) is 0 Å². The summed E-state index contributed by atoms with van der Waals surface area (Å²) >= 11 is 6.84. The number of pyridine rings is 2. The highest BCUT2D eigenvalue weighted by atomic mass is 35.5. The number of hydrogen-bond acceptors (Lipinski definition) is 5. The van der Waals surface area contributed by atoms with Crippen molar-refractivity contribution >= 4 is 48.0 Å². The summed E-state index contributed by atoms with van der Waals surface area (Å²) in [6.45, 7) is 5.70. The summed E-state index contributed by atoms with van der Waals surface area (Å²) < 4.78 is 5.26. The highest BCUT2D eigenvalue weighted by Gasteiger charge is 2.31. The largest absolute Gasteiger partial charge is 0.449 e. The van der Waals surface area contributed by atoms with Crippen LogP contribution < -0.4 is 0 Å². The fourth-order valence-electron chi connectivity index (χ4n) is 5.26. The Morgan fingerprint density at radius 3 is 2.76 bits per heavy atom. The second kappa shape index (κ2) is 11.7. The number of halogens is 1. The van der Waals surface area contributed by atoms with Gasteiger partial charge in [0.05, 0.1) is 17.1 Å². The molecule has 3 aromatic rings. The van der Waals surface area contributed by atoms with Gasteiger partial charge in [0.2, 0.25) is 0 Å². The van der Waals surface area contributed by atoms with Crippen molar-refractivity contribution in [3.05, 3.63) is 70.1 Å². The Morgan fingerprint density at radius 2 is 2.03 bits per heavy atom. The molecule has 2 atom stereocenters. The molecule has 1 fully saturated rings. The number of amides is 2. The molecule has 5 rings (SSSR count). The van der Waals surface area contributed by atoms with Crippen molar-refractivity contribution in [3.8, 4) is 0 Å². The summed E-state index contributed by atoms with van der Waals surface area (Å²) in [6, 6.07) is 11.5. The van der Waals surface area contributed by atoms with E-state index in [1.807, 2.05) is 55.3 Å². The lowest BCUT2D eigenvalue weighted by Gasteiger charge is -2.39. The maximum Gasteiger partial charge on any atom is 0.409 e. The van der Waals surface area contributed by atoms with Crippen LogP contribution in [0.4, 0.5) is 4.79 Å². The first-order valence-electron chi connectivity index (χ1n) is 12.7. The smallest absolute Gasteiger partial charge is 0.409 e. The molecule has 196 valence electrons. The SMILES string of the molecule is CCCOC(=O)N1CCN(C(=O)c2ccc3c(Cl)c4c(nc3c2)CC(c2ccccn2)CC4)[C@@H](C)C1.S. The van der Waals surface area contributed by atoms with Crippen LogP contribution in [0.25, 0.3) is 10.9 Å². The zero-order chi connectivity index (χ0) is 25.2. The van der Waals surface area contributed by atoms with Crippen molar-refractivity contribution in [3.63, 3.8) is 0 Å². The number of carbonyl (C=O) groups excluding carboxylic acids is 2. The highest BCUT2D eigenvalue weighted by Crippen LogP contribution is 2.37. The Balaban J connectivity index is 0.00000320. The van der Waals surface area contributed by atoms with E-state index in [0.717, 1.165) is 58.6 Å². The van der Waals surface area contributed by atoms with Gasteiger partial charge in [0, 0.05) is 60.1 Å². The molecule has 0 bridgehead atoms. The molecule has 9 heteroatoms. The number of benzene rings is 1. The summed E-state index contributed by atoms with van der Waals surface area (Å²) in [5.74, 6) is 0.249. The molecule has 0 radical (unpaired) electrons. The number of rotatable bonds is 4. The van der Waals surface area contributed by atoms with Gasteiger partial charge in [0.25, 0.3) is 5.91 Å². The van der Waals surface area contributed by atoms with Gasteiger partial charge in [-0.1, -0.05) is 30.7 Å². The second-order valence-corrected chi connectivity index (χ2v) is 10.1. The third kappa shape index (κ3) is 5.55. The van der Waals surface area contributed by atoms with Crippen LogP contribution in [0.5, 0.6) is 0 Å². The lowest BCUT2D eigenvalue weighted by Crippen LogP contribution is -2.55. The van der Waals surface area contributed by atoms with Crippen molar-refractivity contribution in [1.82, 2.24) is 19.8 Å². The van der Waals surface area contributed by atoms with Crippen molar-refractivity contribution in [1.29, 1.82) is 0 Å². The van der Waals surface area contributed by atoms with Gasteiger partial charge in [-0.2, -0.15) is 13.5 Å². The van der Waals surface area contributed by atoms with E-state index < -0.39 is 0 Å². The predicted molar refractivity (Wildman–Crippen MR) is 150 cm³/mol. The van der Waals surface area contributed by atoms with E-state index in [1.165, 1.54) is 0 Å². The number of nitrogens with zero attached hydrogens (tertiary/aromatic N) is 4. The van der Waals surface area contributed by atoms with Crippen molar-refractivity contribution in [2.24, 2.45) is 0 Å². The Hall–Kier alpha value is -2.84. The number of ether oxygens (including phenoxy) is 1. The van der Waals surface area contributed by atoms with Gasteiger partial charge in [-0.05, 0) is 62.4 Å². The minimum absolute atomic E-state index is 0. The van der Waals surface area contributed by atoms with Crippen LogP contribution in [0.1, 0.15) is 59.9 Å². The molecule has 1 aromatic carbocycles. The first-order valence-corrected chi connectivity index (χ1v) is 13.1. The zero-order valence-corrected chi connectivity index (χ0v) is 23.0. The summed E-state index contributed by atoms with van der Waals surface area (Å²) in [4.78, 5) is 38.7. The van der Waals surface area contributed by atoms with Gasteiger partial charge in [0.15, 0.2) is 0 Å². The van der Waals surface area contributed by atoms with Gasteiger partial charge < -0.3 is 14.5 Å². The maximum atomic E-state index is 13.4. The molecule has 0 spiro atoms. The summed E-state index contributed by atoms with van der Waals surface area (Å²) in [7, 11) is 0. The first kappa shape index (κ1) is 27.2. The van der Waals surface area contributed by atoms with Crippen LogP contribution in [0, 0.1) is 0 Å². The number of aromatic nitrogens is 2. The third-order valence-corrected chi connectivity index (χ3v) is 7.65. The molecule has 1 aliphatic carbocycles. The molecular weight excluding hydrogens is 508 g/mol. The minimum Gasteiger partial charge on any atom is -0.449 e. The number of fused-ring (bicyclic) bond motifs is 2. The Labute approximate surface area is 229 Å². The van der Waals surface area contributed by atoms with E-state index in [1.54, 1.807) is 4.90 Å². The maximum absolute atomic E-state index is 13.4. The van der Waals surface area contributed by atoms with Gasteiger partial charge in [-0.3, -0.25) is 14.8 Å². The molecule has 0 N–H and O–H groups in total. The van der Waals surface area contributed by atoms with E-state index in [4.69, 9.17) is 21.3 Å². The lowest BCUT2D eigenvalue weighted by atomic mass is 9.84. The molecule has 2 amide bonds. The molecule has 3 heterocycles. The van der Waals surface area contributed by atoms with E-state index >= 15 is 0 Å². The van der Waals surface area contributed by atoms with Crippen LogP contribution in [-0.2, 0) is 17.6 Å². The molecule has 37 heavy (non-hydrogen) atoms. The standard InChI is InChI=1S/C28H31ClN4O3.H2S/c1-3-14-36-28(35)32-12-13-33(18(2)17-32)27(34)20-8-10-22-25(16-20)31-24-15-19(7-9-21(24)26(22)29)23-6-4-5-11-30-23;/h4-6,8,10-11,16,18-19H,3,7,9,12-15,17H2,1-2H3;1H2/t18-,19?;/m0./s1. The predicted octanol–water partition coefficient (Wildman–Crippen LogP) is 5.36. The molecule has 1 saturated heterocycles. The average Bonchev–Trinajstić information content (AvgIpc) is 2.91. The first-order chi connectivity index (χ1) is 17.5. The number of carbonyl (C=O) groups is 2. The topological polar surface area (TPSA) is 75.6 Å². The molecule has 1 aliphatic heterocycles. The molecule has 2 aromatic heterocycles. The van der Waals surface area contributed by atoms with Crippen LogP contribution in [0.2, 0.25) is 5.02 Å². The van der Waals surface area contributed by atoms with Crippen LogP contribution in [0.3, 0.4) is 0 Å². The third-order valence-electron chi connectivity index (χ3n) is 7.21. The zero-order valence-electron chi connectivity index (χ0n) is 21.2. The van der Waals surface area contributed by atoms with E-state index in [9.17, 15) is 9.59 Å². The molecule has 0 saturated carbocycles. The fourth-order valence-corrected chi connectivity index (χ4v) is 5.63. The van der Waals surface area contributed by atoms with Crippen molar-refractivity contribution in [2.75, 3.05) is 26.2 Å². The van der Waals surface area contributed by atoms with E-state index in [0.29, 0.717) is 37.7 Å². The van der Waals surface area contributed by atoms with E-state index in [-0.39, 0.29) is 31.5 Å². The lowest BCUT2D eigenvalue weighted by molar-refractivity contribution is 0.0414. The highest BCUT2D eigenvalue weighted by molar-refractivity contribution is 7.59. The Kier molecular flexibility index (Phi) is 8.60. The van der Waals surface area contributed by atoms with Gasteiger partial charge >= 0.3 is 6.09 Å². The summed E-state index contributed by atoms with van der Waals surface area (Å²) in [5, 5.41) is 1.61. The van der Waals surface area contributed by atoms with Crippen molar-refractivity contribution in [2.45, 2.75) is 51.5 Å².